The van der Waals surface area contributed by atoms with Gasteiger partial charge in [0.05, 0.1) is 17.7 Å². The van der Waals surface area contributed by atoms with E-state index < -0.39 is 30.6 Å². The van der Waals surface area contributed by atoms with E-state index >= 15 is 0 Å². The summed E-state index contributed by atoms with van der Waals surface area (Å²) in [6.07, 6.45) is 2.31. The van der Waals surface area contributed by atoms with E-state index in [2.05, 4.69) is 20.8 Å². The molecule has 4 rings (SSSR count). The Kier molecular flexibility index (Phi) is 8.43. The zero-order chi connectivity index (χ0) is 27.3. The van der Waals surface area contributed by atoms with E-state index in [4.69, 9.17) is 4.84 Å². The van der Waals surface area contributed by atoms with Crippen LogP contribution in [-0.2, 0) is 16.1 Å². The van der Waals surface area contributed by atoms with E-state index in [0.29, 0.717) is 17.8 Å². The molecular formula is C28H33BN4O5. The molecule has 9 nitrogen and oxygen atoms in total. The van der Waals surface area contributed by atoms with Gasteiger partial charge < -0.3 is 25.5 Å². The maximum Gasteiger partial charge on any atom is 0.475 e. The Hall–Kier alpha value is -3.76. The topological polar surface area (TPSA) is 133 Å². The van der Waals surface area contributed by atoms with Crippen LogP contribution in [0.5, 0.6) is 0 Å². The first kappa shape index (κ1) is 27.3. The third-order valence-corrected chi connectivity index (χ3v) is 6.69. The van der Waals surface area contributed by atoms with E-state index in [1.54, 1.807) is 13.1 Å². The molecule has 1 aromatic heterocycles. The standard InChI is InChI=1S/C28H33BN4O5/c1-18(2)15-24(29(36)37)32-27(35)28(16-20-9-5-4-6-10-20)17-23(33-38-28)19(3)31-26(34)25-22-12-8-7-11-21(22)13-14-30-25/h4-14,18-19,24,36-37H,15-17H2,1-3H3,(H,31,34)(H,32,35)/t19-,24-,28?/m0/s1. The second-order valence-electron chi connectivity index (χ2n) is 10.2. The second kappa shape index (κ2) is 11.7. The van der Waals surface area contributed by atoms with Crippen molar-refractivity contribution in [3.8, 4) is 0 Å². The summed E-state index contributed by atoms with van der Waals surface area (Å²) >= 11 is 0. The highest BCUT2D eigenvalue weighted by Crippen LogP contribution is 2.30. The first-order valence-corrected chi connectivity index (χ1v) is 12.8. The number of amides is 2. The minimum absolute atomic E-state index is 0.119. The molecule has 0 saturated heterocycles. The molecule has 2 aromatic carbocycles. The number of aromatic nitrogens is 1. The lowest BCUT2D eigenvalue weighted by Crippen LogP contribution is -2.56. The van der Waals surface area contributed by atoms with Crippen LogP contribution >= 0.6 is 0 Å². The predicted molar refractivity (Wildman–Crippen MR) is 146 cm³/mol. The number of rotatable bonds is 10. The fourth-order valence-electron chi connectivity index (χ4n) is 4.67. The Morgan fingerprint density at radius 3 is 2.45 bits per heavy atom. The lowest BCUT2D eigenvalue weighted by Gasteiger charge is -2.29. The van der Waals surface area contributed by atoms with Gasteiger partial charge >= 0.3 is 7.12 Å². The number of carbonyl (C=O) groups is 2. The van der Waals surface area contributed by atoms with Crippen molar-refractivity contribution in [1.29, 1.82) is 0 Å². The highest BCUT2D eigenvalue weighted by molar-refractivity contribution is 6.43. The number of hydrogen-bond donors (Lipinski definition) is 4. The number of nitrogens with zero attached hydrogens (tertiary/aromatic N) is 2. The van der Waals surface area contributed by atoms with Crippen molar-refractivity contribution >= 4 is 35.4 Å². The number of nitrogens with one attached hydrogen (secondary N) is 2. The number of carbonyl (C=O) groups excluding carboxylic acids is 2. The third-order valence-electron chi connectivity index (χ3n) is 6.69. The molecule has 0 spiro atoms. The van der Waals surface area contributed by atoms with E-state index in [-0.39, 0.29) is 24.7 Å². The number of pyridine rings is 1. The molecule has 1 aliphatic rings. The summed E-state index contributed by atoms with van der Waals surface area (Å²) in [6, 6.07) is 18.2. The minimum Gasteiger partial charge on any atom is -0.426 e. The zero-order valence-electron chi connectivity index (χ0n) is 21.8. The molecule has 2 amide bonds. The molecular weight excluding hydrogens is 483 g/mol. The van der Waals surface area contributed by atoms with Crippen LogP contribution in [-0.4, -0.2) is 57.3 Å². The van der Waals surface area contributed by atoms with Gasteiger partial charge in [-0.15, -0.1) is 0 Å². The average Bonchev–Trinajstić information content (AvgIpc) is 3.33. The van der Waals surface area contributed by atoms with Crippen molar-refractivity contribution in [2.75, 3.05) is 0 Å². The molecule has 0 fully saturated rings. The minimum atomic E-state index is -1.72. The number of hydrogen-bond acceptors (Lipinski definition) is 7. The Bertz CT molecular complexity index is 1310. The number of fused-ring (bicyclic) bond motifs is 1. The number of benzene rings is 2. The van der Waals surface area contributed by atoms with E-state index in [9.17, 15) is 19.6 Å². The van der Waals surface area contributed by atoms with Gasteiger partial charge in [-0.1, -0.05) is 73.6 Å². The lowest BCUT2D eigenvalue weighted by atomic mass is 9.74. The Labute approximate surface area is 222 Å². The van der Waals surface area contributed by atoms with Crippen LogP contribution in [0.3, 0.4) is 0 Å². The van der Waals surface area contributed by atoms with Crippen LogP contribution in [0.25, 0.3) is 10.8 Å². The van der Waals surface area contributed by atoms with Crippen LogP contribution in [0.15, 0.2) is 72.0 Å². The molecule has 3 atom stereocenters. The quantitative estimate of drug-likeness (QED) is 0.306. The van der Waals surface area contributed by atoms with Crippen LogP contribution in [0, 0.1) is 5.92 Å². The summed E-state index contributed by atoms with van der Waals surface area (Å²) in [6.45, 7) is 5.65. The summed E-state index contributed by atoms with van der Waals surface area (Å²) in [4.78, 5) is 36.8. The molecule has 0 bridgehead atoms. The molecule has 1 unspecified atom stereocenters. The highest BCUT2D eigenvalue weighted by Gasteiger charge is 2.49. The second-order valence-corrected chi connectivity index (χ2v) is 10.2. The molecule has 38 heavy (non-hydrogen) atoms. The van der Waals surface area contributed by atoms with Gasteiger partial charge in [-0.2, -0.15) is 0 Å². The summed E-state index contributed by atoms with van der Waals surface area (Å²) in [5, 5.41) is 31.3. The molecule has 10 heteroatoms. The maximum atomic E-state index is 13.6. The predicted octanol–water partition coefficient (Wildman–Crippen LogP) is 2.65. The van der Waals surface area contributed by atoms with Crippen LogP contribution < -0.4 is 10.6 Å². The first-order chi connectivity index (χ1) is 18.2. The normalized spacial score (nSPS) is 18.4. The highest BCUT2D eigenvalue weighted by atomic mass is 16.7. The van der Waals surface area contributed by atoms with Crippen molar-refractivity contribution in [3.63, 3.8) is 0 Å². The molecule has 0 aliphatic carbocycles. The van der Waals surface area contributed by atoms with Gasteiger partial charge in [0.1, 0.15) is 5.69 Å². The van der Waals surface area contributed by atoms with E-state index in [0.717, 1.165) is 16.3 Å². The molecule has 3 aromatic rings. The summed E-state index contributed by atoms with van der Waals surface area (Å²) in [5.41, 5.74) is 0.254. The summed E-state index contributed by atoms with van der Waals surface area (Å²) < 4.78 is 0. The smallest absolute Gasteiger partial charge is 0.426 e. The molecule has 0 saturated carbocycles. The van der Waals surface area contributed by atoms with E-state index in [1.807, 2.05) is 74.5 Å². The Balaban J connectivity index is 1.53. The largest absolute Gasteiger partial charge is 0.475 e. The monoisotopic (exact) mass is 516 g/mol. The van der Waals surface area contributed by atoms with E-state index in [1.165, 1.54) is 0 Å². The van der Waals surface area contributed by atoms with Crippen molar-refractivity contribution in [2.24, 2.45) is 11.1 Å². The van der Waals surface area contributed by atoms with Gasteiger partial charge in [-0.3, -0.25) is 14.6 Å². The van der Waals surface area contributed by atoms with Crippen molar-refractivity contribution < 1.29 is 24.5 Å². The molecule has 2 heterocycles. The first-order valence-electron chi connectivity index (χ1n) is 12.8. The molecule has 1 aliphatic heterocycles. The average molecular weight is 516 g/mol. The summed E-state index contributed by atoms with van der Waals surface area (Å²) in [5.74, 6) is -1.59. The molecule has 198 valence electrons. The Morgan fingerprint density at radius 2 is 1.74 bits per heavy atom. The van der Waals surface area contributed by atoms with Gasteiger partial charge in [0.15, 0.2) is 0 Å². The number of oxime groups is 1. The van der Waals surface area contributed by atoms with Gasteiger partial charge in [-0.25, -0.2) is 0 Å². The van der Waals surface area contributed by atoms with Gasteiger partial charge in [0.25, 0.3) is 11.8 Å². The zero-order valence-corrected chi connectivity index (χ0v) is 21.8. The van der Waals surface area contributed by atoms with Crippen molar-refractivity contribution in [3.05, 3.63) is 78.1 Å². The van der Waals surface area contributed by atoms with Gasteiger partial charge in [-0.05, 0) is 36.3 Å². The van der Waals surface area contributed by atoms with Gasteiger partial charge in [0.2, 0.25) is 5.60 Å². The van der Waals surface area contributed by atoms with Crippen molar-refractivity contribution in [1.82, 2.24) is 15.6 Å². The maximum absolute atomic E-state index is 13.6. The Morgan fingerprint density at radius 1 is 1.03 bits per heavy atom. The fourth-order valence-corrected chi connectivity index (χ4v) is 4.67. The molecule has 0 radical (unpaired) electrons. The SMILES string of the molecule is CC(C)C[C@H](NC(=O)C1(Cc2ccccc2)CC([C@H](C)NC(=O)c2nccc3ccccc23)=NO1)B(O)O. The fraction of sp³-hybridized carbons (Fsp3) is 0.357. The van der Waals surface area contributed by atoms with Crippen LogP contribution in [0.4, 0.5) is 0 Å². The molecule has 4 N–H and O–H groups in total. The lowest BCUT2D eigenvalue weighted by molar-refractivity contribution is -0.144. The third kappa shape index (κ3) is 6.20. The van der Waals surface area contributed by atoms with Crippen LogP contribution in [0.1, 0.15) is 49.7 Å². The summed E-state index contributed by atoms with van der Waals surface area (Å²) in [7, 11) is -1.72. The van der Waals surface area contributed by atoms with Gasteiger partial charge in [0, 0.05) is 24.4 Å². The van der Waals surface area contributed by atoms with Crippen molar-refractivity contribution in [2.45, 2.75) is 57.6 Å². The van der Waals surface area contributed by atoms with Crippen LogP contribution in [0.2, 0.25) is 0 Å².